The van der Waals surface area contributed by atoms with E-state index in [0.717, 1.165) is 6.42 Å². The van der Waals surface area contributed by atoms with Gasteiger partial charge in [-0.25, -0.2) is 0 Å². The maximum atomic E-state index is 12.5. The molecule has 0 unspecified atom stereocenters. The molecule has 3 aliphatic rings. The van der Waals surface area contributed by atoms with Crippen LogP contribution >= 0.6 is 15.9 Å². The first-order chi connectivity index (χ1) is 13.0. The molecule has 3 fully saturated rings. The van der Waals surface area contributed by atoms with E-state index in [1.807, 2.05) is 0 Å². The minimum absolute atomic E-state index is 0.0309. The van der Waals surface area contributed by atoms with Gasteiger partial charge in [-0.1, -0.05) is 34.1 Å². The number of carbonyl (C=O) groups excluding carboxylic acids is 4. The number of halogens is 1. The molecular formula is C18H17BrN2O6. The number of esters is 2. The number of hydrazine groups is 1. The summed E-state index contributed by atoms with van der Waals surface area (Å²) in [7, 11) is 0. The van der Waals surface area contributed by atoms with Gasteiger partial charge in [0.2, 0.25) is 0 Å². The van der Waals surface area contributed by atoms with E-state index < -0.39 is 36.2 Å². The first kappa shape index (κ1) is 18.0. The zero-order valence-corrected chi connectivity index (χ0v) is 15.7. The van der Waals surface area contributed by atoms with Gasteiger partial charge in [0.1, 0.15) is 6.10 Å². The van der Waals surface area contributed by atoms with Gasteiger partial charge in [-0.05, 0) is 24.5 Å². The Bertz CT molecular complexity index is 800. The van der Waals surface area contributed by atoms with E-state index >= 15 is 0 Å². The molecule has 9 heteroatoms. The molecule has 2 N–H and O–H groups in total. The van der Waals surface area contributed by atoms with Crippen LogP contribution in [0.3, 0.4) is 0 Å². The highest BCUT2D eigenvalue weighted by Gasteiger charge is 2.68. The van der Waals surface area contributed by atoms with E-state index in [1.54, 1.807) is 30.3 Å². The third-order valence-electron chi connectivity index (χ3n) is 5.49. The topological polar surface area (TPSA) is 111 Å². The number of fused-ring (bicyclic) bond motifs is 1. The lowest BCUT2D eigenvalue weighted by atomic mass is 9.80. The van der Waals surface area contributed by atoms with Gasteiger partial charge in [0.15, 0.2) is 6.61 Å². The second-order valence-electron chi connectivity index (χ2n) is 6.94. The lowest BCUT2D eigenvalue weighted by molar-refractivity contribution is -0.158. The molecule has 1 aromatic carbocycles. The molecule has 142 valence electrons. The van der Waals surface area contributed by atoms with Crippen molar-refractivity contribution in [2.75, 3.05) is 6.61 Å². The van der Waals surface area contributed by atoms with E-state index in [-0.39, 0.29) is 28.7 Å². The van der Waals surface area contributed by atoms with Crippen LogP contribution in [0.4, 0.5) is 0 Å². The van der Waals surface area contributed by atoms with Gasteiger partial charge in [0, 0.05) is 11.5 Å². The molecule has 8 nitrogen and oxygen atoms in total. The van der Waals surface area contributed by atoms with Crippen LogP contribution in [-0.2, 0) is 23.9 Å². The monoisotopic (exact) mass is 436 g/mol. The van der Waals surface area contributed by atoms with Crippen LogP contribution < -0.4 is 10.9 Å². The van der Waals surface area contributed by atoms with Gasteiger partial charge in [-0.15, -0.1) is 0 Å². The standard InChI is InChI=1S/C18H17BrN2O6/c19-14-9-6-10-13(18(25)27-15(10)14)12(9)17(24)26-7-11(22)20-21-16(23)8-4-2-1-3-5-8/h1-5,9-10,12-15H,6-7H2,(H,20,22)(H,21,23)/t9-,10-,12-,13+,14+,15+/m1/s1. The Kier molecular flexibility index (Phi) is 4.63. The van der Waals surface area contributed by atoms with Crippen molar-refractivity contribution in [1.82, 2.24) is 10.9 Å². The third kappa shape index (κ3) is 3.09. The van der Waals surface area contributed by atoms with Crippen molar-refractivity contribution in [2.45, 2.75) is 17.4 Å². The van der Waals surface area contributed by atoms with Crippen LogP contribution in [-0.4, -0.2) is 41.3 Å². The number of rotatable bonds is 4. The highest BCUT2D eigenvalue weighted by atomic mass is 79.9. The molecule has 1 saturated heterocycles. The zero-order valence-electron chi connectivity index (χ0n) is 14.1. The number of benzene rings is 1. The number of carbonyl (C=O) groups is 4. The third-order valence-corrected chi connectivity index (χ3v) is 6.69. The lowest BCUT2D eigenvalue weighted by Crippen LogP contribution is -2.44. The molecule has 2 aliphatic carbocycles. The molecule has 6 atom stereocenters. The maximum absolute atomic E-state index is 12.5. The lowest BCUT2D eigenvalue weighted by Gasteiger charge is -2.26. The molecule has 1 aromatic rings. The molecule has 2 saturated carbocycles. The molecule has 0 aromatic heterocycles. The molecule has 0 radical (unpaired) electrons. The minimum Gasteiger partial charge on any atom is -0.461 e. The number of hydrogen-bond donors (Lipinski definition) is 2. The van der Waals surface area contributed by atoms with Crippen LogP contribution in [0.25, 0.3) is 0 Å². The van der Waals surface area contributed by atoms with Crippen molar-refractivity contribution in [3.8, 4) is 0 Å². The number of alkyl halides is 1. The summed E-state index contributed by atoms with van der Waals surface area (Å²) in [5.41, 5.74) is 4.83. The quantitative estimate of drug-likeness (QED) is 0.405. The van der Waals surface area contributed by atoms with E-state index in [1.165, 1.54) is 0 Å². The second kappa shape index (κ2) is 6.95. The summed E-state index contributed by atoms with van der Waals surface area (Å²) in [6, 6.07) is 8.36. The van der Waals surface area contributed by atoms with Crippen molar-refractivity contribution in [3.63, 3.8) is 0 Å². The number of hydrogen-bond acceptors (Lipinski definition) is 6. The van der Waals surface area contributed by atoms with Crippen molar-refractivity contribution >= 4 is 39.7 Å². The summed E-state index contributed by atoms with van der Waals surface area (Å²) in [6.45, 7) is -0.542. The Morgan fingerprint density at radius 1 is 1.15 bits per heavy atom. The predicted octanol–water partition coefficient (Wildman–Crippen LogP) is 0.562. The molecule has 2 bridgehead atoms. The predicted molar refractivity (Wildman–Crippen MR) is 94.2 cm³/mol. The number of nitrogens with one attached hydrogen (secondary N) is 2. The van der Waals surface area contributed by atoms with Gasteiger partial charge in [0.05, 0.1) is 16.7 Å². The fourth-order valence-corrected chi connectivity index (χ4v) is 5.40. The smallest absolute Gasteiger partial charge is 0.310 e. The molecule has 1 heterocycles. The van der Waals surface area contributed by atoms with Crippen LogP contribution in [0.2, 0.25) is 0 Å². The van der Waals surface area contributed by atoms with Crippen molar-refractivity contribution in [1.29, 1.82) is 0 Å². The molecule has 4 rings (SSSR count). The highest BCUT2D eigenvalue weighted by molar-refractivity contribution is 9.09. The summed E-state index contributed by atoms with van der Waals surface area (Å²) >= 11 is 3.52. The van der Waals surface area contributed by atoms with Crippen LogP contribution in [0.1, 0.15) is 16.8 Å². The second-order valence-corrected chi connectivity index (χ2v) is 7.99. The van der Waals surface area contributed by atoms with E-state index in [2.05, 4.69) is 26.8 Å². The van der Waals surface area contributed by atoms with Crippen molar-refractivity contribution < 1.29 is 28.7 Å². The van der Waals surface area contributed by atoms with Crippen molar-refractivity contribution in [3.05, 3.63) is 35.9 Å². The van der Waals surface area contributed by atoms with Crippen molar-refractivity contribution in [2.24, 2.45) is 23.7 Å². The first-order valence-electron chi connectivity index (χ1n) is 8.63. The summed E-state index contributed by atoms with van der Waals surface area (Å²) in [4.78, 5) is 48.1. The fourth-order valence-electron chi connectivity index (χ4n) is 4.35. The molecule has 27 heavy (non-hydrogen) atoms. The Hall–Kier alpha value is -2.42. The SMILES string of the molecule is O=C(COC(=O)[C@@H]1[C@H]2C[C@H]3[C@H](OC(=O)[C@@H]31)[C@H]2Br)NNC(=O)c1ccccc1. The van der Waals surface area contributed by atoms with E-state index in [0.29, 0.717) is 5.56 Å². The average Bonchev–Trinajstić information content (AvgIpc) is 3.29. The van der Waals surface area contributed by atoms with Gasteiger partial charge in [-0.3, -0.25) is 30.0 Å². The Balaban J connectivity index is 1.28. The summed E-state index contributed by atoms with van der Waals surface area (Å²) in [5.74, 6) is -3.19. The zero-order chi connectivity index (χ0) is 19.1. The summed E-state index contributed by atoms with van der Waals surface area (Å²) in [5, 5.41) is 0. The number of ether oxygens (including phenoxy) is 2. The van der Waals surface area contributed by atoms with Crippen LogP contribution in [0.15, 0.2) is 30.3 Å². The highest BCUT2D eigenvalue weighted by Crippen LogP contribution is 2.60. The number of amides is 2. The molecule has 1 aliphatic heterocycles. The van der Waals surface area contributed by atoms with Gasteiger partial charge < -0.3 is 9.47 Å². The van der Waals surface area contributed by atoms with Crippen LogP contribution in [0, 0.1) is 23.7 Å². The largest absolute Gasteiger partial charge is 0.461 e. The summed E-state index contributed by atoms with van der Waals surface area (Å²) < 4.78 is 10.4. The molecular weight excluding hydrogens is 420 g/mol. The normalized spacial score (nSPS) is 32.7. The van der Waals surface area contributed by atoms with E-state index in [4.69, 9.17) is 9.47 Å². The summed E-state index contributed by atoms with van der Waals surface area (Å²) in [6.07, 6.45) is 0.559. The molecule has 2 amide bonds. The molecule has 0 spiro atoms. The minimum atomic E-state index is -0.668. The maximum Gasteiger partial charge on any atom is 0.310 e. The Labute approximate surface area is 163 Å². The van der Waals surface area contributed by atoms with Crippen LogP contribution in [0.5, 0.6) is 0 Å². The Morgan fingerprint density at radius 3 is 2.63 bits per heavy atom. The fraction of sp³-hybridized carbons (Fsp3) is 0.444. The Morgan fingerprint density at radius 2 is 1.89 bits per heavy atom. The first-order valence-corrected chi connectivity index (χ1v) is 9.54. The van der Waals surface area contributed by atoms with Gasteiger partial charge in [-0.2, -0.15) is 0 Å². The van der Waals surface area contributed by atoms with Gasteiger partial charge in [0.25, 0.3) is 11.8 Å². The average molecular weight is 437 g/mol. The van der Waals surface area contributed by atoms with Gasteiger partial charge >= 0.3 is 11.9 Å². The van der Waals surface area contributed by atoms with E-state index in [9.17, 15) is 19.2 Å².